The average Bonchev–Trinajstić information content (AvgIpc) is 2.98. The third kappa shape index (κ3) is 1.72. The largest absolute Gasteiger partial charge is 0.252 e. The van der Waals surface area contributed by atoms with Crippen LogP contribution in [0.5, 0.6) is 0 Å². The number of nitrogens with zero attached hydrogens (tertiary/aromatic N) is 1. The molecule has 1 atom stereocenters. The third-order valence-corrected chi connectivity index (χ3v) is 6.36. The molecule has 0 amide bonds. The second-order valence-electron chi connectivity index (χ2n) is 7.80. The predicted octanol–water partition coefficient (Wildman–Crippen LogP) is 6.52. The van der Waals surface area contributed by atoms with Gasteiger partial charge in [-0.15, -0.1) is 0 Å². The maximum atomic E-state index is 5.01. The van der Waals surface area contributed by atoms with Gasteiger partial charge in [0.25, 0.3) is 0 Å². The lowest BCUT2D eigenvalue weighted by molar-refractivity contribution is 0.715. The Morgan fingerprint density at radius 3 is 2.19 bits per heavy atom. The fourth-order valence-electron chi connectivity index (χ4n) is 5.13. The summed E-state index contributed by atoms with van der Waals surface area (Å²) in [5, 5.41) is 6.58. The molecule has 1 aliphatic carbocycles. The molecule has 0 spiro atoms. The molecule has 0 bridgehead atoms. The Morgan fingerprint density at radius 1 is 0.667 bits per heavy atom. The molecule has 1 unspecified atom stereocenters. The van der Waals surface area contributed by atoms with E-state index in [-0.39, 0.29) is 5.41 Å². The molecule has 0 radical (unpaired) electrons. The molecule has 0 saturated carbocycles. The first-order valence-electron chi connectivity index (χ1n) is 9.51. The van der Waals surface area contributed by atoms with Crippen molar-refractivity contribution >= 4 is 32.4 Å². The minimum atomic E-state index is -0.160. The monoisotopic (exact) mass is 345 g/mol. The van der Waals surface area contributed by atoms with Crippen LogP contribution in [-0.2, 0) is 5.41 Å². The lowest BCUT2D eigenvalue weighted by Gasteiger charge is -2.28. The molecule has 0 fully saturated rings. The zero-order chi connectivity index (χ0) is 18.2. The standard InChI is InChI=1S/C26H19N/c1-16-15-22-24-23-19(18-11-6-7-12-20(18)25(24)27-16)13-8-14-21(23)26(22,2)17-9-4-3-5-10-17/h3-15H,1-2H3. The number of fused-ring (bicyclic) bond motifs is 3. The smallest absolute Gasteiger partial charge is 0.0793 e. The Balaban J connectivity index is 1.94. The molecule has 1 aliphatic rings. The first-order chi connectivity index (χ1) is 13.2. The minimum Gasteiger partial charge on any atom is -0.252 e. The van der Waals surface area contributed by atoms with Gasteiger partial charge < -0.3 is 0 Å². The van der Waals surface area contributed by atoms with E-state index in [1.165, 1.54) is 43.6 Å². The topological polar surface area (TPSA) is 12.9 Å². The predicted molar refractivity (Wildman–Crippen MR) is 113 cm³/mol. The van der Waals surface area contributed by atoms with Crippen LogP contribution in [0.15, 0.2) is 78.9 Å². The normalized spacial score (nSPS) is 18.1. The lowest BCUT2D eigenvalue weighted by Crippen LogP contribution is -2.22. The van der Waals surface area contributed by atoms with E-state index in [1.54, 1.807) is 0 Å². The van der Waals surface area contributed by atoms with Crippen molar-refractivity contribution < 1.29 is 0 Å². The number of pyridine rings is 1. The second-order valence-corrected chi connectivity index (χ2v) is 7.80. The van der Waals surface area contributed by atoms with Crippen LogP contribution in [0.2, 0.25) is 0 Å². The second kappa shape index (κ2) is 4.95. The molecule has 6 rings (SSSR count). The van der Waals surface area contributed by atoms with Gasteiger partial charge in [0.15, 0.2) is 0 Å². The summed E-state index contributed by atoms with van der Waals surface area (Å²) in [6.07, 6.45) is 0. The van der Waals surface area contributed by atoms with Gasteiger partial charge in [0, 0.05) is 21.9 Å². The van der Waals surface area contributed by atoms with Gasteiger partial charge in [-0.3, -0.25) is 4.98 Å². The quantitative estimate of drug-likeness (QED) is 0.315. The van der Waals surface area contributed by atoms with Crippen molar-refractivity contribution in [1.29, 1.82) is 0 Å². The fourth-order valence-corrected chi connectivity index (χ4v) is 5.13. The highest BCUT2D eigenvalue weighted by molar-refractivity contribution is 6.28. The summed E-state index contributed by atoms with van der Waals surface area (Å²) in [4.78, 5) is 5.01. The van der Waals surface area contributed by atoms with Gasteiger partial charge in [0.2, 0.25) is 0 Å². The fraction of sp³-hybridized carbons (Fsp3) is 0.115. The van der Waals surface area contributed by atoms with Crippen molar-refractivity contribution in [3.63, 3.8) is 0 Å². The Bertz CT molecular complexity index is 1380. The van der Waals surface area contributed by atoms with Crippen molar-refractivity contribution in [1.82, 2.24) is 4.98 Å². The van der Waals surface area contributed by atoms with Crippen molar-refractivity contribution in [2.24, 2.45) is 0 Å². The summed E-state index contributed by atoms with van der Waals surface area (Å²) >= 11 is 0. The number of aryl methyl sites for hydroxylation is 1. The number of benzene rings is 4. The highest BCUT2D eigenvalue weighted by Gasteiger charge is 2.40. The number of hydrogen-bond acceptors (Lipinski definition) is 1. The van der Waals surface area contributed by atoms with Gasteiger partial charge >= 0.3 is 0 Å². The summed E-state index contributed by atoms with van der Waals surface area (Å²) in [5.41, 5.74) is 6.17. The summed E-state index contributed by atoms with van der Waals surface area (Å²) in [6.45, 7) is 4.49. The average molecular weight is 345 g/mol. The van der Waals surface area contributed by atoms with Crippen LogP contribution in [-0.4, -0.2) is 4.98 Å². The summed E-state index contributed by atoms with van der Waals surface area (Å²) in [6, 6.07) is 28.7. The molecule has 4 aromatic carbocycles. The van der Waals surface area contributed by atoms with E-state index < -0.39 is 0 Å². The Kier molecular flexibility index (Phi) is 2.74. The van der Waals surface area contributed by atoms with Gasteiger partial charge in [-0.05, 0) is 52.8 Å². The van der Waals surface area contributed by atoms with E-state index in [2.05, 4.69) is 92.7 Å². The summed E-state index contributed by atoms with van der Waals surface area (Å²) < 4.78 is 0. The molecule has 128 valence electrons. The molecule has 1 aromatic heterocycles. The maximum absolute atomic E-state index is 5.01. The van der Waals surface area contributed by atoms with Crippen LogP contribution in [0.4, 0.5) is 0 Å². The zero-order valence-corrected chi connectivity index (χ0v) is 15.5. The SMILES string of the molecule is Cc1cc2c3c(n1)c1ccccc1c1cccc(c13)C2(C)c1ccccc1. The third-order valence-electron chi connectivity index (χ3n) is 6.36. The molecule has 27 heavy (non-hydrogen) atoms. The van der Waals surface area contributed by atoms with Gasteiger partial charge in [-0.2, -0.15) is 0 Å². The Hall–Kier alpha value is -3.19. The van der Waals surface area contributed by atoms with E-state index in [0.717, 1.165) is 11.2 Å². The van der Waals surface area contributed by atoms with Crippen LogP contribution >= 0.6 is 0 Å². The number of rotatable bonds is 1. The Morgan fingerprint density at radius 2 is 1.37 bits per heavy atom. The molecular formula is C26H19N. The molecule has 0 saturated heterocycles. The molecule has 5 aromatic rings. The molecular weight excluding hydrogens is 326 g/mol. The minimum absolute atomic E-state index is 0.160. The van der Waals surface area contributed by atoms with Gasteiger partial charge in [-0.1, -0.05) is 72.8 Å². The van der Waals surface area contributed by atoms with E-state index in [4.69, 9.17) is 4.98 Å². The van der Waals surface area contributed by atoms with Crippen LogP contribution in [0.25, 0.3) is 32.4 Å². The molecule has 1 nitrogen and oxygen atoms in total. The number of aromatic nitrogens is 1. The van der Waals surface area contributed by atoms with Crippen molar-refractivity contribution in [2.75, 3.05) is 0 Å². The summed E-state index contributed by atoms with van der Waals surface area (Å²) in [7, 11) is 0. The van der Waals surface area contributed by atoms with E-state index in [9.17, 15) is 0 Å². The summed E-state index contributed by atoms with van der Waals surface area (Å²) in [5.74, 6) is 0. The van der Waals surface area contributed by atoms with Crippen LogP contribution in [0.1, 0.15) is 29.3 Å². The molecule has 0 aliphatic heterocycles. The molecule has 1 heteroatoms. The van der Waals surface area contributed by atoms with Gasteiger partial charge in [0.05, 0.1) is 5.52 Å². The first-order valence-corrected chi connectivity index (χ1v) is 9.51. The van der Waals surface area contributed by atoms with Gasteiger partial charge in [-0.25, -0.2) is 0 Å². The van der Waals surface area contributed by atoms with Crippen LogP contribution in [0, 0.1) is 6.92 Å². The highest BCUT2D eigenvalue weighted by Crippen LogP contribution is 2.53. The zero-order valence-electron chi connectivity index (χ0n) is 15.5. The van der Waals surface area contributed by atoms with E-state index >= 15 is 0 Å². The number of hydrogen-bond donors (Lipinski definition) is 0. The van der Waals surface area contributed by atoms with Crippen molar-refractivity contribution in [3.05, 3.63) is 101 Å². The van der Waals surface area contributed by atoms with Gasteiger partial charge in [0.1, 0.15) is 0 Å². The van der Waals surface area contributed by atoms with Crippen LogP contribution in [0.3, 0.4) is 0 Å². The van der Waals surface area contributed by atoms with Crippen LogP contribution < -0.4 is 0 Å². The maximum Gasteiger partial charge on any atom is 0.0793 e. The van der Waals surface area contributed by atoms with E-state index in [1.807, 2.05) is 0 Å². The highest BCUT2D eigenvalue weighted by atomic mass is 14.7. The Labute approximate surface area is 158 Å². The van der Waals surface area contributed by atoms with Crippen molar-refractivity contribution in [2.45, 2.75) is 19.3 Å². The lowest BCUT2D eigenvalue weighted by atomic mass is 9.74. The molecule has 0 N–H and O–H groups in total. The first kappa shape index (κ1) is 14.9. The molecule has 1 heterocycles. The van der Waals surface area contributed by atoms with E-state index in [0.29, 0.717) is 0 Å². The van der Waals surface area contributed by atoms with Crippen molar-refractivity contribution in [3.8, 4) is 0 Å².